The molecule has 2 aromatic carbocycles. The fourth-order valence-corrected chi connectivity index (χ4v) is 5.32. The Morgan fingerprint density at radius 3 is 2.49 bits per heavy atom. The van der Waals surface area contributed by atoms with E-state index in [4.69, 9.17) is 9.47 Å². The van der Waals surface area contributed by atoms with E-state index in [1.54, 1.807) is 11.8 Å². The van der Waals surface area contributed by atoms with Crippen molar-refractivity contribution in [2.24, 2.45) is 0 Å². The molecule has 1 aromatic heterocycles. The number of likely N-dealkylation sites (N-methyl/N-ethyl adjacent to an activating group) is 1. The molecular formula is C31H35N5O7. The number of aryl methyl sites for hydroxylation is 1. The number of hydrogen-bond acceptors (Lipinski definition) is 7. The van der Waals surface area contributed by atoms with Gasteiger partial charge in [-0.05, 0) is 55.7 Å². The standard InChI is InChI=1S/C31H35N5O7/c1-3-34-17-27(37)32-25-16-35(29(39)18-36-15-20(2)30(40)33-31(36)41)11-10-26(25)42-19-22-7-5-9-24(13-22)43-23-8-4-6-21(12-23)14-28(34)38/h4-9,12-13,15,25-26H,3,10-11,14,16-19H2,1-2H3,(H,32,37)(H,33,40,41)/t25-,26-/m0/s1. The first-order valence-corrected chi connectivity index (χ1v) is 14.3. The first kappa shape index (κ1) is 29.8. The lowest BCUT2D eigenvalue weighted by Gasteiger charge is -2.39. The highest BCUT2D eigenvalue weighted by Gasteiger charge is 2.34. The summed E-state index contributed by atoms with van der Waals surface area (Å²) >= 11 is 0. The predicted molar refractivity (Wildman–Crippen MR) is 157 cm³/mol. The number of ether oxygens (including phenoxy) is 2. The minimum absolute atomic E-state index is 0.111. The van der Waals surface area contributed by atoms with Gasteiger partial charge in [0.1, 0.15) is 18.0 Å². The Kier molecular flexibility index (Phi) is 9.05. The van der Waals surface area contributed by atoms with Gasteiger partial charge in [0.2, 0.25) is 17.7 Å². The van der Waals surface area contributed by atoms with Crippen LogP contribution in [0.25, 0.3) is 0 Å². The maximum absolute atomic E-state index is 13.2. The number of benzene rings is 2. The Morgan fingerprint density at radius 2 is 1.74 bits per heavy atom. The molecule has 0 aliphatic carbocycles. The van der Waals surface area contributed by atoms with Crippen LogP contribution < -0.4 is 21.3 Å². The third kappa shape index (κ3) is 7.39. The molecule has 2 atom stereocenters. The maximum atomic E-state index is 13.2. The average molecular weight is 590 g/mol. The fraction of sp³-hybridized carbons (Fsp3) is 0.387. The lowest BCUT2D eigenvalue weighted by Crippen LogP contribution is -2.59. The zero-order valence-corrected chi connectivity index (χ0v) is 24.2. The summed E-state index contributed by atoms with van der Waals surface area (Å²) in [6.07, 6.45) is 1.50. The van der Waals surface area contributed by atoms with E-state index in [2.05, 4.69) is 10.3 Å². The lowest BCUT2D eigenvalue weighted by atomic mass is 10.0. The van der Waals surface area contributed by atoms with Crippen molar-refractivity contribution in [3.05, 3.63) is 92.3 Å². The SMILES string of the molecule is CCN1CC(=O)N[C@H]2CN(C(=O)Cn3cc(C)c(=O)[nH]c3=O)CC[C@@H]2OCc2cccc(c2)Oc2cccc(c2)CC1=O. The Bertz CT molecular complexity index is 1630. The number of piperidine rings is 1. The van der Waals surface area contributed by atoms with Crippen molar-refractivity contribution >= 4 is 17.7 Å². The van der Waals surface area contributed by atoms with Crippen LogP contribution in [-0.2, 0) is 38.7 Å². The van der Waals surface area contributed by atoms with E-state index in [1.807, 2.05) is 55.5 Å². The second-order valence-electron chi connectivity index (χ2n) is 10.8. The van der Waals surface area contributed by atoms with Crippen molar-refractivity contribution in [3.8, 4) is 11.5 Å². The smallest absolute Gasteiger partial charge is 0.328 e. The molecule has 0 radical (unpaired) electrons. The number of nitrogens with one attached hydrogen (secondary N) is 2. The average Bonchev–Trinajstić information content (AvgIpc) is 2.98. The molecule has 12 nitrogen and oxygen atoms in total. The highest BCUT2D eigenvalue weighted by Crippen LogP contribution is 2.25. The van der Waals surface area contributed by atoms with Gasteiger partial charge < -0.3 is 24.6 Å². The first-order chi connectivity index (χ1) is 20.7. The molecule has 3 amide bonds. The largest absolute Gasteiger partial charge is 0.457 e. The van der Waals surface area contributed by atoms with Gasteiger partial charge in [-0.1, -0.05) is 24.3 Å². The zero-order valence-electron chi connectivity index (χ0n) is 24.2. The van der Waals surface area contributed by atoms with Crippen LogP contribution in [0.3, 0.4) is 0 Å². The Labute approximate surface area is 248 Å². The van der Waals surface area contributed by atoms with Crippen LogP contribution in [0, 0.1) is 6.92 Å². The van der Waals surface area contributed by atoms with Gasteiger partial charge in [-0.3, -0.25) is 28.7 Å². The van der Waals surface area contributed by atoms with E-state index in [0.29, 0.717) is 36.6 Å². The number of rotatable bonds is 3. The molecule has 3 heterocycles. The van der Waals surface area contributed by atoms with Gasteiger partial charge >= 0.3 is 5.69 Å². The molecule has 2 aliphatic rings. The van der Waals surface area contributed by atoms with Crippen molar-refractivity contribution < 1.29 is 23.9 Å². The number of aromatic nitrogens is 2. The van der Waals surface area contributed by atoms with Crippen LogP contribution in [0.4, 0.5) is 0 Å². The van der Waals surface area contributed by atoms with E-state index < -0.39 is 23.4 Å². The third-order valence-electron chi connectivity index (χ3n) is 7.66. The summed E-state index contributed by atoms with van der Waals surface area (Å²) in [5.74, 6) is 0.337. The second kappa shape index (κ2) is 13.1. The predicted octanol–water partition coefficient (Wildman–Crippen LogP) is 1.34. The summed E-state index contributed by atoms with van der Waals surface area (Å²) in [5, 5.41) is 2.99. The van der Waals surface area contributed by atoms with Crippen LogP contribution >= 0.6 is 0 Å². The van der Waals surface area contributed by atoms with Crippen LogP contribution in [0.2, 0.25) is 0 Å². The lowest BCUT2D eigenvalue weighted by molar-refractivity contribution is -0.139. The van der Waals surface area contributed by atoms with Crippen molar-refractivity contribution in [1.29, 1.82) is 0 Å². The summed E-state index contributed by atoms with van der Waals surface area (Å²) in [5.41, 5.74) is 0.793. The van der Waals surface area contributed by atoms with E-state index in [0.717, 1.165) is 15.7 Å². The maximum Gasteiger partial charge on any atom is 0.328 e. The number of H-pyrrole nitrogens is 1. The van der Waals surface area contributed by atoms with E-state index in [1.165, 1.54) is 11.1 Å². The first-order valence-electron chi connectivity index (χ1n) is 14.3. The van der Waals surface area contributed by atoms with Crippen LogP contribution in [0.5, 0.6) is 11.5 Å². The number of aromatic amines is 1. The highest BCUT2D eigenvalue weighted by atomic mass is 16.5. The normalized spacial score (nSPS) is 19.6. The topological polar surface area (TPSA) is 143 Å². The third-order valence-corrected chi connectivity index (χ3v) is 7.66. The van der Waals surface area contributed by atoms with Gasteiger partial charge in [0.15, 0.2) is 0 Å². The molecule has 3 aromatic rings. The van der Waals surface area contributed by atoms with E-state index in [-0.39, 0.29) is 50.4 Å². The summed E-state index contributed by atoms with van der Waals surface area (Å²) in [7, 11) is 0. The Hall–Kier alpha value is -4.71. The minimum Gasteiger partial charge on any atom is -0.457 e. The summed E-state index contributed by atoms with van der Waals surface area (Å²) in [6.45, 7) is 4.08. The molecule has 2 N–H and O–H groups in total. The number of hydrogen-bond donors (Lipinski definition) is 2. The monoisotopic (exact) mass is 589 g/mol. The minimum atomic E-state index is -0.669. The second-order valence-corrected chi connectivity index (χ2v) is 10.8. The van der Waals surface area contributed by atoms with E-state index >= 15 is 0 Å². The van der Waals surface area contributed by atoms with Crippen LogP contribution in [0.1, 0.15) is 30.0 Å². The number of nitrogens with zero attached hydrogens (tertiary/aromatic N) is 3. The molecular weight excluding hydrogens is 554 g/mol. The summed E-state index contributed by atoms with van der Waals surface area (Å²) in [4.78, 5) is 68.8. The van der Waals surface area contributed by atoms with Gasteiger partial charge in [-0.25, -0.2) is 4.79 Å². The summed E-state index contributed by atoms with van der Waals surface area (Å²) < 4.78 is 13.5. The zero-order chi connectivity index (χ0) is 30.5. The van der Waals surface area contributed by atoms with E-state index in [9.17, 15) is 24.0 Å². The number of amides is 3. The molecule has 226 valence electrons. The van der Waals surface area contributed by atoms with Gasteiger partial charge in [0, 0.05) is 31.4 Å². The molecule has 0 spiro atoms. The van der Waals surface area contributed by atoms with Crippen molar-refractivity contribution in [2.75, 3.05) is 26.2 Å². The molecule has 0 unspecified atom stereocenters. The molecule has 1 saturated heterocycles. The van der Waals surface area contributed by atoms with Crippen molar-refractivity contribution in [3.63, 3.8) is 0 Å². The van der Waals surface area contributed by atoms with Gasteiger partial charge in [-0.2, -0.15) is 0 Å². The van der Waals surface area contributed by atoms with Gasteiger partial charge in [0.25, 0.3) is 5.56 Å². The molecule has 12 heteroatoms. The molecule has 1 fully saturated rings. The molecule has 43 heavy (non-hydrogen) atoms. The molecule has 0 saturated carbocycles. The van der Waals surface area contributed by atoms with Gasteiger partial charge in [-0.15, -0.1) is 0 Å². The van der Waals surface area contributed by atoms with Crippen molar-refractivity contribution in [1.82, 2.24) is 24.7 Å². The Balaban J connectivity index is 1.37. The molecule has 5 rings (SSSR count). The van der Waals surface area contributed by atoms with Gasteiger partial charge in [0.05, 0.1) is 31.7 Å². The molecule has 4 bridgehead atoms. The fourth-order valence-electron chi connectivity index (χ4n) is 5.32. The molecule has 2 aliphatic heterocycles. The highest BCUT2D eigenvalue weighted by molar-refractivity contribution is 5.86. The van der Waals surface area contributed by atoms with Crippen LogP contribution in [-0.4, -0.2) is 75.4 Å². The number of carbonyl (C=O) groups excluding carboxylic acids is 3. The van der Waals surface area contributed by atoms with Crippen LogP contribution in [0.15, 0.2) is 64.3 Å². The Morgan fingerprint density at radius 1 is 1.02 bits per heavy atom. The van der Waals surface area contributed by atoms with Crippen molar-refractivity contribution in [2.45, 2.75) is 52.0 Å². The summed E-state index contributed by atoms with van der Waals surface area (Å²) in [6, 6.07) is 14.3. The number of likely N-dealkylation sites (tertiary alicyclic amines) is 1. The quantitative estimate of drug-likeness (QED) is 0.470. The number of fused-ring (bicyclic) bond motifs is 5. The number of carbonyl (C=O) groups is 3.